The summed E-state index contributed by atoms with van der Waals surface area (Å²) < 4.78 is 27.4. The van der Waals surface area contributed by atoms with Gasteiger partial charge in [0, 0.05) is 11.8 Å². The minimum Gasteiger partial charge on any atom is -0.350 e. The summed E-state index contributed by atoms with van der Waals surface area (Å²) in [6.07, 6.45) is 0. The smallest absolute Gasteiger partial charge is 0.282 e. The maximum absolute atomic E-state index is 13.9. The van der Waals surface area contributed by atoms with Crippen molar-refractivity contribution in [3.05, 3.63) is 99.7 Å². The Morgan fingerprint density at radius 3 is 2.22 bits per heavy atom. The highest BCUT2D eigenvalue weighted by atomic mass is 19.2. The number of halogens is 2. The van der Waals surface area contributed by atoms with Gasteiger partial charge < -0.3 is 5.32 Å². The lowest BCUT2D eigenvalue weighted by molar-refractivity contribution is -0.120. The summed E-state index contributed by atoms with van der Waals surface area (Å²) in [5.74, 6) is -3.41. The lowest BCUT2D eigenvalue weighted by Crippen LogP contribution is -2.32. The van der Waals surface area contributed by atoms with Crippen LogP contribution in [0.15, 0.2) is 60.3 Å². The number of benzene rings is 3. The molecule has 3 aromatic rings. The molecule has 0 aliphatic carbocycles. The number of rotatable bonds is 4. The predicted molar refractivity (Wildman–Crippen MR) is 121 cm³/mol. The van der Waals surface area contributed by atoms with Gasteiger partial charge in [-0.1, -0.05) is 35.9 Å². The predicted octanol–water partition coefficient (Wildman–Crippen LogP) is 5.60. The molecule has 1 aliphatic heterocycles. The molecule has 0 radical (unpaired) electrons. The number of nitrogens with zero attached hydrogens (tertiary/aromatic N) is 1. The Hall–Kier alpha value is -3.80. The van der Waals surface area contributed by atoms with Crippen molar-refractivity contribution < 1.29 is 18.4 Å². The van der Waals surface area contributed by atoms with E-state index in [1.54, 1.807) is 6.07 Å². The molecule has 0 aromatic heterocycles. The first-order valence-electron chi connectivity index (χ1n) is 10.2. The molecule has 1 heterocycles. The average Bonchev–Trinajstić information content (AvgIpc) is 2.97. The quantitative estimate of drug-likeness (QED) is 0.547. The lowest BCUT2D eigenvalue weighted by Gasteiger charge is -2.16. The molecule has 162 valence electrons. The van der Waals surface area contributed by atoms with Crippen LogP contribution in [0.5, 0.6) is 0 Å². The number of hydrogen-bond donors (Lipinski definition) is 1. The van der Waals surface area contributed by atoms with Crippen molar-refractivity contribution in [1.29, 1.82) is 0 Å². The topological polar surface area (TPSA) is 49.4 Å². The number of hydrogen-bond acceptors (Lipinski definition) is 3. The summed E-state index contributed by atoms with van der Waals surface area (Å²) in [5.41, 5.74) is 5.36. The van der Waals surface area contributed by atoms with E-state index in [1.165, 1.54) is 6.07 Å². The lowest BCUT2D eigenvalue weighted by atomic mass is 9.97. The van der Waals surface area contributed by atoms with Gasteiger partial charge in [0.05, 0.1) is 11.3 Å². The zero-order valence-corrected chi connectivity index (χ0v) is 18.2. The molecule has 3 aromatic carbocycles. The molecular formula is C26H22F2N2O2. The number of carbonyl (C=O) groups excluding carboxylic acids is 2. The van der Waals surface area contributed by atoms with Crippen molar-refractivity contribution in [3.63, 3.8) is 0 Å². The minimum absolute atomic E-state index is 0.0288. The molecule has 0 fully saturated rings. The third-order valence-corrected chi connectivity index (χ3v) is 5.76. The van der Waals surface area contributed by atoms with Crippen LogP contribution in [-0.2, 0) is 9.59 Å². The first-order chi connectivity index (χ1) is 15.2. The van der Waals surface area contributed by atoms with E-state index in [0.717, 1.165) is 39.3 Å². The van der Waals surface area contributed by atoms with Crippen LogP contribution in [0.4, 0.5) is 20.2 Å². The first kappa shape index (κ1) is 21.4. The van der Waals surface area contributed by atoms with E-state index in [0.29, 0.717) is 11.3 Å². The standard InChI is InChI=1S/C26H22F2N2O2/c1-14-8-10-19(16(3)12-14)23-24(29-22-7-5-6-15(2)17(22)4)26(32)30(25(23)31)18-9-11-20(27)21(28)13-18/h5-13,29H,1-4H3. The van der Waals surface area contributed by atoms with Gasteiger partial charge in [-0.25, -0.2) is 13.7 Å². The number of imide groups is 1. The summed E-state index contributed by atoms with van der Waals surface area (Å²) in [6.45, 7) is 7.68. The van der Waals surface area contributed by atoms with E-state index in [9.17, 15) is 18.4 Å². The molecule has 1 N–H and O–H groups in total. The van der Waals surface area contributed by atoms with Crippen molar-refractivity contribution in [1.82, 2.24) is 0 Å². The second-order valence-electron chi connectivity index (χ2n) is 7.98. The Balaban J connectivity index is 1.89. The highest BCUT2D eigenvalue weighted by Crippen LogP contribution is 2.36. The number of anilines is 2. The summed E-state index contributed by atoms with van der Waals surface area (Å²) in [7, 11) is 0. The maximum Gasteiger partial charge on any atom is 0.282 e. The normalized spacial score (nSPS) is 13.9. The van der Waals surface area contributed by atoms with Crippen LogP contribution in [0.3, 0.4) is 0 Å². The summed E-state index contributed by atoms with van der Waals surface area (Å²) in [5, 5.41) is 3.15. The monoisotopic (exact) mass is 432 g/mol. The molecular weight excluding hydrogens is 410 g/mol. The SMILES string of the molecule is Cc1ccc(C2=C(Nc3cccc(C)c3C)C(=O)N(c3ccc(F)c(F)c3)C2=O)c(C)c1. The molecule has 32 heavy (non-hydrogen) atoms. The third kappa shape index (κ3) is 3.58. The molecule has 4 rings (SSSR count). The summed E-state index contributed by atoms with van der Waals surface area (Å²) >= 11 is 0. The molecule has 0 atom stereocenters. The Kier molecular flexibility index (Phi) is 5.38. The highest BCUT2D eigenvalue weighted by molar-refractivity contribution is 6.46. The van der Waals surface area contributed by atoms with Gasteiger partial charge in [0.25, 0.3) is 11.8 Å². The van der Waals surface area contributed by atoms with Gasteiger partial charge in [-0.2, -0.15) is 0 Å². The van der Waals surface area contributed by atoms with Gasteiger partial charge in [-0.15, -0.1) is 0 Å². The molecule has 4 nitrogen and oxygen atoms in total. The second kappa shape index (κ2) is 8.04. The fourth-order valence-electron chi connectivity index (χ4n) is 3.87. The second-order valence-corrected chi connectivity index (χ2v) is 7.98. The third-order valence-electron chi connectivity index (χ3n) is 5.76. The van der Waals surface area contributed by atoms with Gasteiger partial charge in [0.2, 0.25) is 0 Å². The molecule has 0 bridgehead atoms. The molecule has 2 amide bonds. The fourth-order valence-corrected chi connectivity index (χ4v) is 3.87. The molecule has 0 saturated heterocycles. The van der Waals surface area contributed by atoms with Crippen molar-refractivity contribution >= 4 is 28.8 Å². The molecule has 0 saturated carbocycles. The van der Waals surface area contributed by atoms with Crippen LogP contribution >= 0.6 is 0 Å². The van der Waals surface area contributed by atoms with Crippen molar-refractivity contribution in [2.75, 3.05) is 10.2 Å². The van der Waals surface area contributed by atoms with Crippen molar-refractivity contribution in [2.24, 2.45) is 0 Å². The highest BCUT2D eigenvalue weighted by Gasteiger charge is 2.41. The Bertz CT molecular complexity index is 1310. The van der Waals surface area contributed by atoms with E-state index in [4.69, 9.17) is 0 Å². The average molecular weight is 432 g/mol. The van der Waals surface area contributed by atoms with Crippen LogP contribution in [0.1, 0.15) is 27.8 Å². The molecule has 0 unspecified atom stereocenters. The Labute approximate surface area is 185 Å². The zero-order chi connectivity index (χ0) is 23.2. The number of aryl methyl sites for hydroxylation is 3. The molecule has 1 aliphatic rings. The number of carbonyl (C=O) groups is 2. The summed E-state index contributed by atoms with van der Waals surface area (Å²) in [6, 6.07) is 14.2. The molecule has 6 heteroatoms. The van der Waals surface area contributed by atoms with Gasteiger partial charge >= 0.3 is 0 Å². The Morgan fingerprint density at radius 1 is 0.781 bits per heavy atom. The van der Waals surface area contributed by atoms with E-state index >= 15 is 0 Å². The van der Waals surface area contributed by atoms with E-state index < -0.39 is 23.4 Å². The maximum atomic E-state index is 13.9. The van der Waals surface area contributed by atoms with Crippen LogP contribution < -0.4 is 10.2 Å². The molecule has 0 spiro atoms. The van der Waals surface area contributed by atoms with E-state index in [1.807, 2.05) is 58.0 Å². The van der Waals surface area contributed by atoms with Gasteiger partial charge in [0.15, 0.2) is 11.6 Å². The van der Waals surface area contributed by atoms with Crippen LogP contribution in [-0.4, -0.2) is 11.8 Å². The van der Waals surface area contributed by atoms with E-state index in [-0.39, 0.29) is 17.0 Å². The van der Waals surface area contributed by atoms with Gasteiger partial charge in [-0.05, 0) is 68.1 Å². The van der Waals surface area contributed by atoms with Gasteiger partial charge in [-0.3, -0.25) is 9.59 Å². The first-order valence-corrected chi connectivity index (χ1v) is 10.2. The van der Waals surface area contributed by atoms with Crippen LogP contribution in [0.2, 0.25) is 0 Å². The zero-order valence-electron chi connectivity index (χ0n) is 18.2. The summed E-state index contributed by atoms with van der Waals surface area (Å²) in [4.78, 5) is 27.8. The van der Waals surface area contributed by atoms with Crippen molar-refractivity contribution in [2.45, 2.75) is 27.7 Å². The van der Waals surface area contributed by atoms with Crippen molar-refractivity contribution in [3.8, 4) is 0 Å². The number of amides is 2. The van der Waals surface area contributed by atoms with Gasteiger partial charge in [0.1, 0.15) is 5.70 Å². The minimum atomic E-state index is -1.13. The van der Waals surface area contributed by atoms with E-state index in [2.05, 4.69) is 5.32 Å². The fraction of sp³-hybridized carbons (Fsp3) is 0.154. The van der Waals surface area contributed by atoms with Crippen LogP contribution in [0.25, 0.3) is 5.57 Å². The number of nitrogens with one attached hydrogen (secondary N) is 1. The Morgan fingerprint density at radius 2 is 1.53 bits per heavy atom. The van der Waals surface area contributed by atoms with Crippen LogP contribution in [0, 0.1) is 39.3 Å². The largest absolute Gasteiger partial charge is 0.350 e.